The number of fused-ring (bicyclic) bond motifs is 1. The molecular weight excluding hydrogens is 229 g/mol. The van der Waals surface area contributed by atoms with Gasteiger partial charge in [-0.2, -0.15) is 0 Å². The molecule has 1 aliphatic carbocycles. The van der Waals surface area contributed by atoms with Gasteiger partial charge in [-0.05, 0) is 24.8 Å². The van der Waals surface area contributed by atoms with Gasteiger partial charge < -0.3 is 0 Å². The van der Waals surface area contributed by atoms with Crippen LogP contribution in [0.4, 0.5) is 4.39 Å². The number of hydrogen-bond donors (Lipinski definition) is 0. The first kappa shape index (κ1) is 10.0. The number of rotatable bonds is 2. The number of halogens is 2. The van der Waals surface area contributed by atoms with Gasteiger partial charge in [-0.25, -0.2) is 9.07 Å². The maximum Gasteiger partial charge on any atom is 0.144 e. The predicted molar refractivity (Wildman–Crippen MR) is 59.8 cm³/mol. The van der Waals surface area contributed by atoms with Crippen molar-refractivity contribution >= 4 is 22.6 Å². The maximum absolute atomic E-state index is 13.3. The predicted octanol–water partition coefficient (Wildman–Crippen LogP) is 3.02. The van der Waals surface area contributed by atoms with E-state index in [0.717, 1.165) is 12.1 Å². The molecule has 0 unspecified atom stereocenters. The monoisotopic (exact) mass is 239 g/mol. The lowest BCUT2D eigenvalue weighted by atomic mass is 9.85. The fraction of sp³-hybridized carbons (Fsp3) is 0.455. The number of hydrogen-bond acceptors (Lipinski definition) is 2. The molecule has 1 heterocycles. The Morgan fingerprint density at radius 1 is 1.44 bits per heavy atom. The Balaban J connectivity index is 2.01. The van der Waals surface area contributed by atoms with Crippen LogP contribution in [0.25, 0.3) is 11.0 Å². The van der Waals surface area contributed by atoms with E-state index in [9.17, 15) is 4.39 Å². The van der Waals surface area contributed by atoms with Crippen LogP contribution in [0.5, 0.6) is 0 Å². The molecule has 84 valence electrons. The van der Waals surface area contributed by atoms with Crippen molar-refractivity contribution < 1.29 is 4.39 Å². The molecule has 16 heavy (non-hydrogen) atoms. The Morgan fingerprint density at radius 3 is 2.94 bits per heavy atom. The Bertz CT molecular complexity index is 533. The minimum Gasteiger partial charge on any atom is -0.244 e. The van der Waals surface area contributed by atoms with Crippen molar-refractivity contribution in [2.45, 2.75) is 25.8 Å². The molecule has 0 saturated heterocycles. The highest BCUT2D eigenvalue weighted by Gasteiger charge is 2.19. The second-order valence-corrected chi connectivity index (χ2v) is 4.73. The smallest absolute Gasteiger partial charge is 0.144 e. The van der Waals surface area contributed by atoms with Crippen molar-refractivity contribution in [2.24, 2.45) is 5.92 Å². The summed E-state index contributed by atoms with van der Waals surface area (Å²) >= 11 is 5.69. The first-order valence-electron chi connectivity index (χ1n) is 5.42. The third-order valence-electron chi connectivity index (χ3n) is 3.21. The van der Waals surface area contributed by atoms with E-state index in [2.05, 4.69) is 10.3 Å². The SMILES string of the molecule is Fc1cc2c(cc1Cl)nnn2CC1CCC1. The first-order chi connectivity index (χ1) is 7.74. The molecule has 1 fully saturated rings. The van der Waals surface area contributed by atoms with E-state index in [0.29, 0.717) is 11.4 Å². The normalized spacial score (nSPS) is 16.6. The zero-order chi connectivity index (χ0) is 11.1. The molecule has 2 aromatic rings. The highest BCUT2D eigenvalue weighted by atomic mass is 35.5. The number of benzene rings is 1. The van der Waals surface area contributed by atoms with Crippen LogP contribution in [0.1, 0.15) is 19.3 Å². The fourth-order valence-corrected chi connectivity index (χ4v) is 2.18. The molecule has 1 aliphatic rings. The molecule has 1 aromatic heterocycles. The highest BCUT2D eigenvalue weighted by molar-refractivity contribution is 6.31. The van der Waals surface area contributed by atoms with Crippen LogP contribution in [0.3, 0.4) is 0 Å². The van der Waals surface area contributed by atoms with Gasteiger partial charge in [-0.15, -0.1) is 5.10 Å². The lowest BCUT2D eigenvalue weighted by Gasteiger charge is -2.24. The molecule has 0 bridgehead atoms. The zero-order valence-corrected chi connectivity index (χ0v) is 9.41. The van der Waals surface area contributed by atoms with Crippen molar-refractivity contribution in [1.29, 1.82) is 0 Å². The summed E-state index contributed by atoms with van der Waals surface area (Å²) in [5.74, 6) is 0.259. The van der Waals surface area contributed by atoms with Gasteiger partial charge in [-0.3, -0.25) is 0 Å². The maximum atomic E-state index is 13.3. The van der Waals surface area contributed by atoms with Crippen LogP contribution < -0.4 is 0 Å². The highest BCUT2D eigenvalue weighted by Crippen LogP contribution is 2.29. The summed E-state index contributed by atoms with van der Waals surface area (Å²) < 4.78 is 15.1. The molecule has 1 saturated carbocycles. The second-order valence-electron chi connectivity index (χ2n) is 4.32. The second kappa shape index (κ2) is 3.70. The van der Waals surface area contributed by atoms with E-state index in [1.165, 1.54) is 31.4 Å². The van der Waals surface area contributed by atoms with Crippen molar-refractivity contribution in [3.8, 4) is 0 Å². The number of nitrogens with zero attached hydrogens (tertiary/aromatic N) is 3. The molecule has 5 heteroatoms. The standard InChI is InChI=1S/C11H11ClFN3/c12-8-4-10-11(5-9(8)13)16(15-14-10)6-7-2-1-3-7/h4-5,7H,1-3,6H2. The van der Waals surface area contributed by atoms with Crippen molar-refractivity contribution in [2.75, 3.05) is 0 Å². The van der Waals surface area contributed by atoms with Gasteiger partial charge in [0.05, 0.1) is 10.5 Å². The van der Waals surface area contributed by atoms with Gasteiger partial charge >= 0.3 is 0 Å². The summed E-state index contributed by atoms with van der Waals surface area (Å²) in [6.45, 7) is 0.831. The molecule has 1 aromatic carbocycles. The molecule has 0 spiro atoms. The van der Waals surface area contributed by atoms with Crippen LogP contribution in [0.15, 0.2) is 12.1 Å². The van der Waals surface area contributed by atoms with E-state index in [1.54, 1.807) is 4.68 Å². The van der Waals surface area contributed by atoms with Gasteiger partial charge in [0, 0.05) is 12.6 Å². The average molecular weight is 240 g/mol. The molecule has 0 atom stereocenters. The Hall–Kier alpha value is -1.16. The fourth-order valence-electron chi connectivity index (χ4n) is 2.02. The minimum atomic E-state index is -0.411. The largest absolute Gasteiger partial charge is 0.244 e. The van der Waals surface area contributed by atoms with Crippen LogP contribution in [-0.2, 0) is 6.54 Å². The Kier molecular flexibility index (Phi) is 2.32. The van der Waals surface area contributed by atoms with E-state index in [-0.39, 0.29) is 5.02 Å². The lowest BCUT2D eigenvalue weighted by Crippen LogP contribution is -2.18. The molecule has 0 radical (unpaired) electrons. The topological polar surface area (TPSA) is 30.7 Å². The summed E-state index contributed by atoms with van der Waals surface area (Å²) in [4.78, 5) is 0. The molecular formula is C11H11ClFN3. The zero-order valence-electron chi connectivity index (χ0n) is 8.66. The third-order valence-corrected chi connectivity index (χ3v) is 3.50. The molecule has 0 N–H and O–H groups in total. The summed E-state index contributed by atoms with van der Waals surface area (Å²) in [5.41, 5.74) is 1.39. The lowest BCUT2D eigenvalue weighted by molar-refractivity contribution is 0.267. The van der Waals surface area contributed by atoms with Crippen molar-refractivity contribution in [3.05, 3.63) is 23.0 Å². The Morgan fingerprint density at radius 2 is 2.25 bits per heavy atom. The Labute approximate surface area is 97.2 Å². The number of aromatic nitrogens is 3. The van der Waals surface area contributed by atoms with Crippen LogP contribution >= 0.6 is 11.6 Å². The van der Waals surface area contributed by atoms with Crippen LogP contribution in [-0.4, -0.2) is 15.0 Å². The van der Waals surface area contributed by atoms with E-state index in [4.69, 9.17) is 11.6 Å². The average Bonchev–Trinajstić information content (AvgIpc) is 2.56. The van der Waals surface area contributed by atoms with Crippen LogP contribution in [0.2, 0.25) is 5.02 Å². The molecule has 3 nitrogen and oxygen atoms in total. The third kappa shape index (κ3) is 1.57. The van der Waals surface area contributed by atoms with Gasteiger partial charge in [-0.1, -0.05) is 23.2 Å². The van der Waals surface area contributed by atoms with Crippen molar-refractivity contribution in [1.82, 2.24) is 15.0 Å². The van der Waals surface area contributed by atoms with Crippen molar-refractivity contribution in [3.63, 3.8) is 0 Å². The summed E-state index contributed by atoms with van der Waals surface area (Å²) in [5, 5.41) is 8.13. The van der Waals surface area contributed by atoms with Gasteiger partial charge in [0.2, 0.25) is 0 Å². The minimum absolute atomic E-state index is 0.100. The first-order valence-corrected chi connectivity index (χ1v) is 5.80. The molecule has 0 aliphatic heterocycles. The van der Waals surface area contributed by atoms with E-state index >= 15 is 0 Å². The van der Waals surface area contributed by atoms with Gasteiger partial charge in [0.15, 0.2) is 0 Å². The summed E-state index contributed by atoms with van der Waals surface area (Å²) in [6.07, 6.45) is 3.76. The quantitative estimate of drug-likeness (QED) is 0.807. The molecule has 0 amide bonds. The van der Waals surface area contributed by atoms with Crippen LogP contribution in [0, 0.1) is 11.7 Å². The van der Waals surface area contributed by atoms with Gasteiger partial charge in [0.1, 0.15) is 11.3 Å². The van der Waals surface area contributed by atoms with E-state index in [1.807, 2.05) is 0 Å². The summed E-state index contributed by atoms with van der Waals surface area (Å²) in [7, 11) is 0. The molecule has 3 rings (SSSR count). The van der Waals surface area contributed by atoms with Gasteiger partial charge in [0.25, 0.3) is 0 Å². The van der Waals surface area contributed by atoms with E-state index < -0.39 is 5.82 Å². The summed E-state index contributed by atoms with van der Waals surface area (Å²) in [6, 6.07) is 2.94.